The van der Waals surface area contributed by atoms with E-state index in [9.17, 15) is 5.11 Å². The molecular weight excluding hydrogens is 188 g/mol. The second-order valence-corrected chi connectivity index (χ2v) is 4.43. The molecule has 0 atom stereocenters. The molecular formula is C13H18O2. The summed E-state index contributed by atoms with van der Waals surface area (Å²) in [7, 11) is 1.67. The van der Waals surface area contributed by atoms with Gasteiger partial charge in [0.2, 0.25) is 0 Å². The van der Waals surface area contributed by atoms with Gasteiger partial charge in [-0.1, -0.05) is 12.1 Å². The van der Waals surface area contributed by atoms with Gasteiger partial charge in [0.05, 0.1) is 12.7 Å². The molecule has 0 bridgehead atoms. The minimum absolute atomic E-state index is 0.361. The van der Waals surface area contributed by atoms with E-state index in [0.29, 0.717) is 0 Å². The number of aryl methyl sites for hydroxylation is 1. The summed E-state index contributed by atoms with van der Waals surface area (Å²) in [5.74, 6) is 0.890. The Morgan fingerprint density at radius 3 is 2.40 bits per heavy atom. The minimum Gasteiger partial charge on any atom is -0.497 e. The summed E-state index contributed by atoms with van der Waals surface area (Å²) < 4.78 is 5.10. The van der Waals surface area contributed by atoms with Gasteiger partial charge < -0.3 is 9.84 Å². The number of aliphatic hydroxyl groups is 1. The molecule has 15 heavy (non-hydrogen) atoms. The molecule has 1 aromatic rings. The lowest BCUT2D eigenvalue weighted by Crippen LogP contribution is -2.36. The average Bonchev–Trinajstić information content (AvgIpc) is 2.24. The molecule has 1 aliphatic carbocycles. The molecule has 1 saturated carbocycles. The van der Waals surface area contributed by atoms with Crippen LogP contribution in [-0.2, 0) is 6.42 Å². The van der Waals surface area contributed by atoms with Crippen LogP contribution >= 0.6 is 0 Å². The van der Waals surface area contributed by atoms with Gasteiger partial charge in [0.15, 0.2) is 0 Å². The summed E-state index contributed by atoms with van der Waals surface area (Å²) in [6.07, 6.45) is 4.98. The Kier molecular flexibility index (Phi) is 2.96. The van der Waals surface area contributed by atoms with Crippen LogP contribution in [-0.4, -0.2) is 17.8 Å². The normalized spacial score (nSPS) is 18.3. The Bertz CT molecular complexity index is 312. The Labute approximate surface area is 90.9 Å². The second-order valence-electron chi connectivity index (χ2n) is 4.43. The average molecular weight is 206 g/mol. The summed E-state index contributed by atoms with van der Waals surface area (Å²) in [4.78, 5) is 0. The molecule has 0 radical (unpaired) electrons. The van der Waals surface area contributed by atoms with Gasteiger partial charge in [-0.3, -0.25) is 0 Å². The van der Waals surface area contributed by atoms with Crippen molar-refractivity contribution in [2.45, 2.75) is 37.7 Å². The first-order valence-corrected chi connectivity index (χ1v) is 5.57. The van der Waals surface area contributed by atoms with E-state index < -0.39 is 0 Å². The van der Waals surface area contributed by atoms with E-state index in [1.807, 2.05) is 12.1 Å². The highest BCUT2D eigenvalue weighted by Gasteiger charge is 2.33. The van der Waals surface area contributed by atoms with Gasteiger partial charge in [-0.15, -0.1) is 0 Å². The van der Waals surface area contributed by atoms with Crippen LogP contribution in [0.2, 0.25) is 0 Å². The number of rotatable bonds is 4. The van der Waals surface area contributed by atoms with Crippen molar-refractivity contribution in [3.05, 3.63) is 29.8 Å². The van der Waals surface area contributed by atoms with Crippen molar-refractivity contribution in [3.8, 4) is 5.75 Å². The van der Waals surface area contributed by atoms with E-state index in [4.69, 9.17) is 4.74 Å². The fourth-order valence-electron chi connectivity index (χ4n) is 2.00. The number of hydrogen-bond donors (Lipinski definition) is 1. The predicted molar refractivity (Wildman–Crippen MR) is 60.1 cm³/mol. The highest BCUT2D eigenvalue weighted by Crippen LogP contribution is 2.35. The summed E-state index contributed by atoms with van der Waals surface area (Å²) in [6.45, 7) is 0. The summed E-state index contributed by atoms with van der Waals surface area (Å²) in [5, 5.41) is 9.95. The predicted octanol–water partition coefficient (Wildman–Crippen LogP) is 2.54. The smallest absolute Gasteiger partial charge is 0.118 e. The number of methoxy groups -OCH3 is 1. The Balaban J connectivity index is 1.87. The fourth-order valence-corrected chi connectivity index (χ4v) is 2.00. The Morgan fingerprint density at radius 1 is 1.27 bits per heavy atom. The van der Waals surface area contributed by atoms with E-state index >= 15 is 0 Å². The molecule has 0 aliphatic heterocycles. The molecule has 1 aliphatic rings. The Hall–Kier alpha value is -1.02. The first-order valence-electron chi connectivity index (χ1n) is 5.57. The number of benzene rings is 1. The molecule has 0 aromatic heterocycles. The molecule has 0 amide bonds. The molecule has 0 unspecified atom stereocenters. The molecule has 0 heterocycles. The van der Waals surface area contributed by atoms with Gasteiger partial charge in [0, 0.05) is 0 Å². The molecule has 1 fully saturated rings. The van der Waals surface area contributed by atoms with Crippen LogP contribution in [0.4, 0.5) is 0 Å². The maximum absolute atomic E-state index is 9.95. The second kappa shape index (κ2) is 4.23. The number of hydrogen-bond acceptors (Lipinski definition) is 2. The summed E-state index contributed by atoms with van der Waals surface area (Å²) in [5.41, 5.74) is 0.913. The van der Waals surface area contributed by atoms with Crippen LogP contribution in [0.5, 0.6) is 5.75 Å². The first-order chi connectivity index (χ1) is 7.22. The van der Waals surface area contributed by atoms with Crippen LogP contribution < -0.4 is 4.74 Å². The van der Waals surface area contributed by atoms with Gasteiger partial charge >= 0.3 is 0 Å². The van der Waals surface area contributed by atoms with E-state index in [1.165, 1.54) is 12.0 Å². The fraction of sp³-hybridized carbons (Fsp3) is 0.538. The molecule has 2 nitrogen and oxygen atoms in total. The molecule has 2 heteroatoms. The topological polar surface area (TPSA) is 29.5 Å². The van der Waals surface area contributed by atoms with Gasteiger partial charge in [-0.25, -0.2) is 0 Å². The lowest BCUT2D eigenvalue weighted by molar-refractivity contribution is -0.0397. The summed E-state index contributed by atoms with van der Waals surface area (Å²) >= 11 is 0. The van der Waals surface area contributed by atoms with Crippen molar-refractivity contribution in [1.82, 2.24) is 0 Å². The largest absolute Gasteiger partial charge is 0.497 e. The van der Waals surface area contributed by atoms with Crippen LogP contribution in [0.25, 0.3) is 0 Å². The molecule has 0 saturated heterocycles. The monoisotopic (exact) mass is 206 g/mol. The van der Waals surface area contributed by atoms with E-state index in [-0.39, 0.29) is 5.60 Å². The van der Waals surface area contributed by atoms with Crippen molar-refractivity contribution >= 4 is 0 Å². The summed E-state index contributed by atoms with van der Waals surface area (Å²) in [6, 6.07) is 8.09. The third kappa shape index (κ3) is 2.51. The highest BCUT2D eigenvalue weighted by molar-refractivity contribution is 5.27. The lowest BCUT2D eigenvalue weighted by atomic mass is 9.76. The molecule has 82 valence electrons. The quantitative estimate of drug-likeness (QED) is 0.820. The molecule has 2 rings (SSSR count). The maximum Gasteiger partial charge on any atom is 0.118 e. The molecule has 1 aromatic carbocycles. The highest BCUT2D eigenvalue weighted by atomic mass is 16.5. The zero-order valence-electron chi connectivity index (χ0n) is 9.20. The van der Waals surface area contributed by atoms with Crippen molar-refractivity contribution in [2.24, 2.45) is 0 Å². The van der Waals surface area contributed by atoms with Crippen molar-refractivity contribution in [2.75, 3.05) is 7.11 Å². The van der Waals surface area contributed by atoms with Crippen LogP contribution in [0.3, 0.4) is 0 Å². The zero-order valence-corrected chi connectivity index (χ0v) is 9.20. The molecule has 0 spiro atoms. The van der Waals surface area contributed by atoms with Crippen molar-refractivity contribution < 1.29 is 9.84 Å². The first kappa shape index (κ1) is 10.5. The van der Waals surface area contributed by atoms with Gasteiger partial charge in [0.1, 0.15) is 5.75 Å². The molecule has 1 N–H and O–H groups in total. The van der Waals surface area contributed by atoms with Gasteiger partial charge in [-0.2, -0.15) is 0 Å². The van der Waals surface area contributed by atoms with E-state index in [0.717, 1.165) is 31.4 Å². The van der Waals surface area contributed by atoms with Crippen molar-refractivity contribution in [1.29, 1.82) is 0 Å². The van der Waals surface area contributed by atoms with Gasteiger partial charge in [-0.05, 0) is 49.8 Å². The maximum atomic E-state index is 9.95. The third-order valence-electron chi connectivity index (χ3n) is 3.32. The van der Waals surface area contributed by atoms with E-state index in [1.54, 1.807) is 7.11 Å². The van der Waals surface area contributed by atoms with Gasteiger partial charge in [0.25, 0.3) is 0 Å². The van der Waals surface area contributed by atoms with Crippen LogP contribution in [0.15, 0.2) is 24.3 Å². The third-order valence-corrected chi connectivity index (χ3v) is 3.32. The standard InChI is InChI=1S/C13H18O2/c1-15-12-5-3-11(4-6-12)7-10-13(14)8-2-9-13/h3-6,14H,2,7-10H2,1H3. The Morgan fingerprint density at radius 2 is 1.93 bits per heavy atom. The minimum atomic E-state index is -0.361. The van der Waals surface area contributed by atoms with Crippen LogP contribution in [0.1, 0.15) is 31.2 Å². The zero-order chi connectivity index (χ0) is 10.7. The van der Waals surface area contributed by atoms with E-state index in [2.05, 4.69) is 12.1 Å². The lowest BCUT2D eigenvalue weighted by Gasteiger charge is -2.36. The van der Waals surface area contributed by atoms with Crippen LogP contribution in [0, 0.1) is 0 Å². The number of ether oxygens (including phenoxy) is 1. The SMILES string of the molecule is COc1ccc(CCC2(O)CCC2)cc1. The van der Waals surface area contributed by atoms with Crippen molar-refractivity contribution in [3.63, 3.8) is 0 Å².